The zero-order valence-electron chi connectivity index (χ0n) is 11.7. The quantitative estimate of drug-likeness (QED) is 0.443. The van der Waals surface area contributed by atoms with E-state index in [9.17, 15) is 19.2 Å². The van der Waals surface area contributed by atoms with Gasteiger partial charge in [-0.1, -0.05) is 6.92 Å². The maximum absolute atomic E-state index is 11.8. The van der Waals surface area contributed by atoms with Crippen LogP contribution in [0.4, 0.5) is 4.79 Å². The number of amides is 4. The van der Waals surface area contributed by atoms with E-state index in [1.165, 1.54) is 14.1 Å². The van der Waals surface area contributed by atoms with E-state index in [0.29, 0.717) is 0 Å². The van der Waals surface area contributed by atoms with Crippen molar-refractivity contribution < 1.29 is 24.3 Å². The molecule has 0 aliphatic carbocycles. The van der Waals surface area contributed by atoms with Crippen molar-refractivity contribution in [3.05, 3.63) is 0 Å². The van der Waals surface area contributed by atoms with Gasteiger partial charge in [-0.05, 0) is 0 Å². The first-order chi connectivity index (χ1) is 9.18. The van der Waals surface area contributed by atoms with Crippen molar-refractivity contribution in [1.82, 2.24) is 15.5 Å². The van der Waals surface area contributed by atoms with Gasteiger partial charge >= 0.3 is 12.0 Å². The number of nitrogens with two attached hydrogens (primary N) is 1. The molecule has 2 unspecified atom stereocenters. The second-order valence-electron chi connectivity index (χ2n) is 4.41. The minimum absolute atomic E-state index is 0.106. The van der Waals surface area contributed by atoms with E-state index in [0.717, 1.165) is 4.90 Å². The van der Waals surface area contributed by atoms with Crippen LogP contribution in [0.5, 0.6) is 0 Å². The molecule has 0 saturated heterocycles. The summed E-state index contributed by atoms with van der Waals surface area (Å²) in [7, 11) is 2.89. The first-order valence-corrected chi connectivity index (χ1v) is 5.93. The van der Waals surface area contributed by atoms with Crippen LogP contribution in [0.3, 0.4) is 0 Å². The fourth-order valence-corrected chi connectivity index (χ4v) is 1.48. The number of hydrogen-bond acceptors (Lipinski definition) is 4. The molecule has 0 radical (unpaired) electrons. The van der Waals surface area contributed by atoms with Crippen LogP contribution >= 0.6 is 0 Å². The fourth-order valence-electron chi connectivity index (χ4n) is 1.48. The van der Waals surface area contributed by atoms with E-state index in [1.807, 2.05) is 0 Å². The lowest BCUT2D eigenvalue weighted by molar-refractivity contribution is -0.141. The van der Waals surface area contributed by atoms with E-state index >= 15 is 0 Å². The Balaban J connectivity index is 4.53. The molecule has 20 heavy (non-hydrogen) atoms. The molecule has 9 nitrogen and oxygen atoms in total. The number of nitrogens with zero attached hydrogens (tertiary/aromatic N) is 1. The van der Waals surface area contributed by atoms with Crippen LogP contribution in [-0.4, -0.2) is 60.5 Å². The van der Waals surface area contributed by atoms with E-state index in [4.69, 9.17) is 10.8 Å². The molecule has 0 spiro atoms. The highest BCUT2D eigenvalue weighted by Crippen LogP contribution is 2.00. The van der Waals surface area contributed by atoms with Gasteiger partial charge in [0.25, 0.3) is 0 Å². The third kappa shape index (κ3) is 6.03. The summed E-state index contributed by atoms with van der Waals surface area (Å²) in [6.07, 6.45) is -0.500. The van der Waals surface area contributed by atoms with E-state index in [1.54, 1.807) is 6.92 Å². The van der Waals surface area contributed by atoms with Gasteiger partial charge in [-0.2, -0.15) is 0 Å². The number of carbonyl (C=O) groups is 4. The highest BCUT2D eigenvalue weighted by molar-refractivity contribution is 5.87. The van der Waals surface area contributed by atoms with Crippen LogP contribution in [0.25, 0.3) is 0 Å². The van der Waals surface area contributed by atoms with Gasteiger partial charge in [0.2, 0.25) is 11.8 Å². The summed E-state index contributed by atoms with van der Waals surface area (Å²) >= 11 is 0. The van der Waals surface area contributed by atoms with Crippen molar-refractivity contribution in [2.75, 3.05) is 20.6 Å². The van der Waals surface area contributed by atoms with Crippen LogP contribution in [0.2, 0.25) is 0 Å². The van der Waals surface area contributed by atoms with Gasteiger partial charge in [-0.15, -0.1) is 0 Å². The number of hydrogen-bond donors (Lipinski definition) is 4. The SMILES string of the molecule is CNC(=O)C(C)CN(C)C(=O)NC(CC(N)=O)C(=O)O. The standard InChI is InChI=1S/C11H20N4O5/c1-6(9(17)13-2)5-15(3)11(20)14-7(10(18)19)4-8(12)16/h6-7H,4-5H2,1-3H3,(H2,12,16)(H,13,17)(H,14,20)(H,18,19). The van der Waals surface area contributed by atoms with Gasteiger partial charge in [0.1, 0.15) is 6.04 Å². The molecule has 0 heterocycles. The van der Waals surface area contributed by atoms with E-state index in [-0.39, 0.29) is 12.5 Å². The lowest BCUT2D eigenvalue weighted by Gasteiger charge is -2.23. The van der Waals surface area contributed by atoms with Crippen LogP contribution in [0.15, 0.2) is 0 Å². The Bertz CT molecular complexity index is 398. The molecule has 114 valence electrons. The molecular weight excluding hydrogens is 268 g/mol. The summed E-state index contributed by atoms with van der Waals surface area (Å²) in [5.74, 6) is -2.88. The first kappa shape index (κ1) is 17.7. The lowest BCUT2D eigenvalue weighted by atomic mass is 10.1. The molecule has 0 aliphatic heterocycles. The van der Waals surface area contributed by atoms with E-state index in [2.05, 4.69) is 10.6 Å². The highest BCUT2D eigenvalue weighted by atomic mass is 16.4. The van der Waals surface area contributed by atoms with Gasteiger partial charge in [-0.3, -0.25) is 9.59 Å². The maximum atomic E-state index is 11.8. The molecule has 0 aromatic rings. The molecule has 5 N–H and O–H groups in total. The Kier molecular flexibility index (Phi) is 7.05. The number of carboxylic acids is 1. The predicted molar refractivity (Wildman–Crippen MR) is 69.6 cm³/mol. The molecule has 0 aromatic heterocycles. The molecule has 2 atom stereocenters. The zero-order valence-corrected chi connectivity index (χ0v) is 11.7. The Morgan fingerprint density at radius 3 is 2.25 bits per heavy atom. The Hall–Kier alpha value is -2.32. The van der Waals surface area contributed by atoms with Crippen LogP contribution in [-0.2, 0) is 14.4 Å². The van der Waals surface area contributed by atoms with Crippen molar-refractivity contribution in [2.45, 2.75) is 19.4 Å². The largest absolute Gasteiger partial charge is 0.480 e. The lowest BCUT2D eigenvalue weighted by Crippen LogP contribution is -2.49. The molecule has 4 amide bonds. The molecule has 0 saturated carbocycles. The van der Waals surface area contributed by atoms with E-state index < -0.39 is 36.3 Å². The molecule has 0 aromatic carbocycles. The molecule has 0 bridgehead atoms. The van der Waals surface area contributed by atoms with Crippen LogP contribution in [0, 0.1) is 5.92 Å². The predicted octanol–water partition coefficient (Wildman–Crippen LogP) is -1.66. The third-order valence-electron chi connectivity index (χ3n) is 2.59. The fraction of sp³-hybridized carbons (Fsp3) is 0.636. The summed E-state index contributed by atoms with van der Waals surface area (Å²) in [6, 6.07) is -2.09. The minimum atomic E-state index is -1.39. The van der Waals surface area contributed by atoms with Crippen molar-refractivity contribution in [1.29, 1.82) is 0 Å². The van der Waals surface area contributed by atoms with Crippen molar-refractivity contribution in [3.8, 4) is 0 Å². The topological polar surface area (TPSA) is 142 Å². The smallest absolute Gasteiger partial charge is 0.326 e. The second-order valence-corrected chi connectivity index (χ2v) is 4.41. The molecule has 0 fully saturated rings. The van der Waals surface area contributed by atoms with Crippen molar-refractivity contribution in [3.63, 3.8) is 0 Å². The second kappa shape index (κ2) is 7.97. The number of urea groups is 1. The Morgan fingerprint density at radius 2 is 1.85 bits per heavy atom. The van der Waals surface area contributed by atoms with Crippen molar-refractivity contribution >= 4 is 23.8 Å². The number of aliphatic carboxylic acids is 1. The number of carbonyl (C=O) groups excluding carboxylic acids is 3. The van der Waals surface area contributed by atoms with Crippen LogP contribution in [0.1, 0.15) is 13.3 Å². The molecular formula is C11H20N4O5. The summed E-state index contributed by atoms with van der Waals surface area (Å²) in [5.41, 5.74) is 4.90. The number of nitrogens with one attached hydrogen (secondary N) is 2. The summed E-state index contributed by atoms with van der Waals surface area (Å²) in [6.45, 7) is 1.73. The monoisotopic (exact) mass is 288 g/mol. The number of rotatable bonds is 7. The summed E-state index contributed by atoms with van der Waals surface area (Å²) in [5, 5.41) is 13.5. The van der Waals surface area contributed by atoms with Crippen molar-refractivity contribution in [2.24, 2.45) is 11.7 Å². The van der Waals surface area contributed by atoms with Gasteiger partial charge in [0.05, 0.1) is 12.3 Å². The van der Waals surface area contributed by atoms with Gasteiger partial charge in [-0.25, -0.2) is 9.59 Å². The van der Waals surface area contributed by atoms with Crippen LogP contribution < -0.4 is 16.4 Å². The normalized spacial score (nSPS) is 12.9. The average molecular weight is 288 g/mol. The van der Waals surface area contributed by atoms with Gasteiger partial charge < -0.3 is 26.4 Å². The number of carboxylic acid groups (broad SMARTS) is 1. The third-order valence-corrected chi connectivity index (χ3v) is 2.59. The van der Waals surface area contributed by atoms with Gasteiger partial charge in [0.15, 0.2) is 0 Å². The summed E-state index contributed by atoms with van der Waals surface area (Å²) < 4.78 is 0. The maximum Gasteiger partial charge on any atom is 0.326 e. The first-order valence-electron chi connectivity index (χ1n) is 5.93. The molecule has 0 aliphatic rings. The number of primary amides is 1. The minimum Gasteiger partial charge on any atom is -0.480 e. The Morgan fingerprint density at radius 1 is 1.30 bits per heavy atom. The van der Waals surface area contributed by atoms with Gasteiger partial charge in [0, 0.05) is 20.6 Å². The molecule has 9 heteroatoms. The average Bonchev–Trinajstić information content (AvgIpc) is 2.35. The summed E-state index contributed by atoms with van der Waals surface area (Å²) in [4.78, 5) is 45.8. The Labute approximate surface area is 116 Å². The molecule has 0 rings (SSSR count). The highest BCUT2D eigenvalue weighted by Gasteiger charge is 2.25. The zero-order chi connectivity index (χ0) is 15.9.